The largest absolute Gasteiger partial charge is 0.464 e. The fourth-order valence-corrected chi connectivity index (χ4v) is 1.59. The lowest BCUT2D eigenvalue weighted by molar-refractivity contribution is -0.186. The van der Waals surface area contributed by atoms with Gasteiger partial charge in [0.05, 0.1) is 0 Å². The molecule has 0 radical (unpaired) electrons. The first-order valence-corrected chi connectivity index (χ1v) is 5.72. The van der Waals surface area contributed by atoms with E-state index in [1.54, 1.807) is 0 Å². The van der Waals surface area contributed by atoms with Gasteiger partial charge in [-0.05, 0) is 0 Å². The fourth-order valence-electron chi connectivity index (χ4n) is 1.06. The summed E-state index contributed by atoms with van der Waals surface area (Å²) < 4.78 is 36.2. The van der Waals surface area contributed by atoms with Crippen molar-refractivity contribution in [2.24, 2.45) is 0 Å². The Morgan fingerprint density at radius 1 is 1.28 bits per heavy atom. The molecule has 0 rings (SSSR count). The van der Waals surface area contributed by atoms with E-state index in [2.05, 4.69) is 14.2 Å². The van der Waals surface area contributed by atoms with Crippen LogP contribution < -0.4 is 0 Å². The van der Waals surface area contributed by atoms with Crippen LogP contribution in [0.5, 0.6) is 0 Å². The van der Waals surface area contributed by atoms with Crippen molar-refractivity contribution < 1.29 is 37.4 Å². The number of esters is 2. The van der Waals surface area contributed by atoms with Crippen LogP contribution in [0.1, 0.15) is 13.8 Å². The molecule has 0 aliphatic carbocycles. The molecule has 104 valence electrons. The van der Waals surface area contributed by atoms with E-state index >= 15 is 0 Å². The van der Waals surface area contributed by atoms with Crippen LogP contribution in [0.2, 0.25) is 0 Å². The summed E-state index contributed by atoms with van der Waals surface area (Å²) in [6, 6.07) is 0. The van der Waals surface area contributed by atoms with E-state index in [0.717, 1.165) is 36.4 Å². The molecule has 18 heavy (non-hydrogen) atoms. The Hall–Kier alpha value is -1.00. The van der Waals surface area contributed by atoms with Crippen LogP contribution in [-0.2, 0) is 28.6 Å². The molecule has 0 N–H and O–H groups in total. The third kappa shape index (κ3) is 6.67. The van der Waals surface area contributed by atoms with Crippen molar-refractivity contribution in [1.29, 1.82) is 0 Å². The predicted molar refractivity (Wildman–Crippen MR) is 62.1 cm³/mol. The third-order valence-electron chi connectivity index (χ3n) is 1.60. The maximum Gasteiger partial charge on any atom is 0.336 e. The number of alkyl halides is 3. The summed E-state index contributed by atoms with van der Waals surface area (Å²) in [5, 5.41) is 0. The number of hydrogen-bond donors (Lipinski definition) is 0. The van der Waals surface area contributed by atoms with E-state index in [4.69, 9.17) is 0 Å². The maximum atomic E-state index is 13.2. The molecule has 0 fully saturated rings. The van der Waals surface area contributed by atoms with E-state index in [9.17, 15) is 23.2 Å². The van der Waals surface area contributed by atoms with Gasteiger partial charge in [0, 0.05) is 36.4 Å². The van der Waals surface area contributed by atoms with Crippen molar-refractivity contribution in [3.63, 3.8) is 0 Å². The van der Waals surface area contributed by atoms with Gasteiger partial charge in [-0.2, -0.15) is 8.78 Å². The molecule has 9 heteroatoms. The van der Waals surface area contributed by atoms with Crippen LogP contribution in [0.15, 0.2) is 0 Å². The minimum Gasteiger partial charge on any atom is -0.464 e. The van der Waals surface area contributed by atoms with Gasteiger partial charge in [-0.1, -0.05) is 0 Å². The minimum absolute atomic E-state index is 0.00660. The number of ether oxygens (including phenoxy) is 3. The summed E-state index contributed by atoms with van der Waals surface area (Å²) >= 11 is 0.740. The molecule has 0 spiro atoms. The van der Waals surface area contributed by atoms with Gasteiger partial charge in [-0.15, -0.1) is 0 Å². The molecular weight excluding hydrogens is 369 g/mol. The van der Waals surface area contributed by atoms with Gasteiger partial charge < -0.3 is 14.2 Å². The lowest BCUT2D eigenvalue weighted by atomic mass is 10.2. The highest BCUT2D eigenvalue weighted by atomic mass is 127. The molecule has 2 atom stereocenters. The SMILES string of the molecule is CC(=O)O[C@@H](COC=O)[C@H](OC(C)=O)C(F)(F)I. The molecular formula is C9H11F2IO6. The predicted octanol–water partition coefficient (Wildman–Crippen LogP) is 1.05. The van der Waals surface area contributed by atoms with Gasteiger partial charge in [0.15, 0.2) is 6.10 Å². The Bertz CT molecular complexity index is 317. The van der Waals surface area contributed by atoms with Crippen molar-refractivity contribution in [3.8, 4) is 0 Å². The minimum atomic E-state index is -3.49. The van der Waals surface area contributed by atoms with Gasteiger partial charge in [0.1, 0.15) is 6.61 Å². The van der Waals surface area contributed by atoms with Crippen LogP contribution in [0.3, 0.4) is 0 Å². The van der Waals surface area contributed by atoms with Gasteiger partial charge in [-0.3, -0.25) is 14.4 Å². The molecule has 6 nitrogen and oxygen atoms in total. The Balaban J connectivity index is 4.98. The number of halogens is 3. The number of hydrogen-bond acceptors (Lipinski definition) is 6. The standard InChI is InChI=1S/C9H11F2IO6/c1-5(14)17-7(3-16-4-13)8(9(10,11)12)18-6(2)15/h4,7-8H,3H2,1-2H3/t7-,8-/m0/s1. The van der Waals surface area contributed by atoms with Crippen LogP contribution in [0.25, 0.3) is 0 Å². The highest BCUT2D eigenvalue weighted by molar-refractivity contribution is 14.1. The van der Waals surface area contributed by atoms with Gasteiger partial charge in [0.2, 0.25) is 6.10 Å². The normalized spacial score (nSPS) is 14.3. The Morgan fingerprint density at radius 2 is 1.78 bits per heavy atom. The fraction of sp³-hybridized carbons (Fsp3) is 0.667. The number of carbonyl (C=O) groups is 3. The molecule has 0 saturated heterocycles. The quantitative estimate of drug-likeness (QED) is 0.216. The zero-order valence-corrected chi connectivity index (χ0v) is 11.7. The summed E-state index contributed by atoms with van der Waals surface area (Å²) in [5.74, 6) is -1.84. The summed E-state index contributed by atoms with van der Waals surface area (Å²) in [7, 11) is 0. The molecule has 0 bridgehead atoms. The monoisotopic (exact) mass is 380 g/mol. The third-order valence-corrected chi connectivity index (χ3v) is 2.21. The van der Waals surface area contributed by atoms with E-state index in [1.807, 2.05) is 0 Å². The second-order valence-corrected chi connectivity index (χ2v) is 4.59. The molecule has 0 amide bonds. The molecule has 0 aromatic carbocycles. The second-order valence-electron chi connectivity index (χ2n) is 3.15. The highest BCUT2D eigenvalue weighted by Crippen LogP contribution is 2.32. The smallest absolute Gasteiger partial charge is 0.336 e. The maximum absolute atomic E-state index is 13.2. The molecule has 0 aliphatic rings. The first kappa shape index (κ1) is 17.0. The lowest BCUT2D eigenvalue weighted by Crippen LogP contribution is -2.46. The van der Waals surface area contributed by atoms with Gasteiger partial charge in [0.25, 0.3) is 6.47 Å². The van der Waals surface area contributed by atoms with E-state index in [0.29, 0.717) is 0 Å². The summed E-state index contributed by atoms with van der Waals surface area (Å²) in [6.07, 6.45) is -3.62. The Morgan fingerprint density at radius 3 is 2.11 bits per heavy atom. The van der Waals surface area contributed by atoms with E-state index in [1.165, 1.54) is 0 Å². The Kier molecular flexibility index (Phi) is 7.02. The van der Waals surface area contributed by atoms with E-state index < -0.39 is 34.7 Å². The summed E-state index contributed by atoms with van der Waals surface area (Å²) in [4.78, 5) is 31.6. The molecule has 0 aromatic rings. The Labute approximate surface area is 115 Å². The molecule has 0 heterocycles. The average molecular weight is 380 g/mol. The summed E-state index contributed by atoms with van der Waals surface area (Å²) in [5.41, 5.74) is 0. The average Bonchev–Trinajstić information content (AvgIpc) is 2.18. The van der Waals surface area contributed by atoms with E-state index in [-0.39, 0.29) is 6.47 Å². The van der Waals surface area contributed by atoms with Crippen molar-refractivity contribution in [2.45, 2.75) is 30.0 Å². The lowest BCUT2D eigenvalue weighted by Gasteiger charge is -2.28. The molecule has 0 aliphatic heterocycles. The van der Waals surface area contributed by atoms with Gasteiger partial charge >= 0.3 is 15.9 Å². The van der Waals surface area contributed by atoms with Crippen LogP contribution in [0.4, 0.5) is 8.78 Å². The first-order chi connectivity index (χ1) is 8.18. The van der Waals surface area contributed by atoms with Crippen LogP contribution in [0, 0.1) is 0 Å². The topological polar surface area (TPSA) is 78.9 Å². The van der Waals surface area contributed by atoms with Crippen LogP contribution in [-0.4, -0.2) is 41.2 Å². The molecule has 0 aromatic heterocycles. The van der Waals surface area contributed by atoms with Gasteiger partial charge in [-0.25, -0.2) is 0 Å². The van der Waals surface area contributed by atoms with Crippen molar-refractivity contribution >= 4 is 41.0 Å². The highest BCUT2D eigenvalue weighted by Gasteiger charge is 2.47. The number of carbonyl (C=O) groups excluding carboxylic acids is 3. The zero-order chi connectivity index (χ0) is 14.3. The second kappa shape index (κ2) is 7.44. The summed E-state index contributed by atoms with van der Waals surface area (Å²) in [6.45, 7) is 1.29. The zero-order valence-electron chi connectivity index (χ0n) is 9.52. The molecule has 0 unspecified atom stereocenters. The molecule has 0 saturated carbocycles. The van der Waals surface area contributed by atoms with Crippen molar-refractivity contribution in [2.75, 3.05) is 6.61 Å². The first-order valence-electron chi connectivity index (χ1n) is 4.65. The van der Waals surface area contributed by atoms with Crippen LogP contribution >= 0.6 is 22.6 Å². The van der Waals surface area contributed by atoms with Crippen molar-refractivity contribution in [3.05, 3.63) is 0 Å². The van der Waals surface area contributed by atoms with Crippen molar-refractivity contribution in [1.82, 2.24) is 0 Å². The number of rotatable bonds is 7.